The van der Waals surface area contributed by atoms with Crippen LogP contribution in [-0.2, 0) is 9.59 Å². The first-order valence-electron chi connectivity index (χ1n) is 7.12. The summed E-state index contributed by atoms with van der Waals surface area (Å²) < 4.78 is 0. The lowest BCUT2D eigenvalue weighted by molar-refractivity contribution is -0.137. The van der Waals surface area contributed by atoms with Crippen LogP contribution < -0.4 is 11.1 Å². The predicted octanol–water partition coefficient (Wildman–Crippen LogP) is 2.77. The number of nitrogens with one attached hydrogen (secondary N) is 1. The highest BCUT2D eigenvalue weighted by atomic mass is 35.5. The van der Waals surface area contributed by atoms with E-state index in [9.17, 15) is 9.59 Å². The number of rotatable bonds is 7. The molecule has 0 saturated heterocycles. The Kier molecular flexibility index (Phi) is 7.65. The summed E-state index contributed by atoms with van der Waals surface area (Å²) in [6.45, 7) is 4.42. The fraction of sp³-hybridized carbons (Fsp3) is 0.467. The molecule has 1 atom stereocenters. The Labute approximate surface area is 140 Å². The normalized spacial score (nSPS) is 11.9. The Morgan fingerprint density at radius 3 is 2.59 bits per heavy atom. The van der Waals surface area contributed by atoms with Crippen molar-refractivity contribution in [3.8, 4) is 0 Å². The van der Waals surface area contributed by atoms with Crippen LogP contribution in [0.25, 0.3) is 0 Å². The van der Waals surface area contributed by atoms with Gasteiger partial charge < -0.3 is 16.0 Å². The molecule has 1 unspecified atom stereocenters. The van der Waals surface area contributed by atoms with Crippen LogP contribution in [0.2, 0.25) is 10.0 Å². The highest BCUT2D eigenvalue weighted by Gasteiger charge is 2.21. The van der Waals surface area contributed by atoms with Gasteiger partial charge in [0.15, 0.2) is 0 Å². The summed E-state index contributed by atoms with van der Waals surface area (Å²) in [6.07, 6.45) is 0.762. The molecule has 0 heterocycles. The van der Waals surface area contributed by atoms with Crippen molar-refractivity contribution in [1.82, 2.24) is 4.90 Å². The average molecular weight is 346 g/mol. The summed E-state index contributed by atoms with van der Waals surface area (Å²) in [6, 6.07) is 4.80. The van der Waals surface area contributed by atoms with Gasteiger partial charge in [-0.1, -0.05) is 37.0 Å². The summed E-state index contributed by atoms with van der Waals surface area (Å²) in [5, 5.41) is 3.52. The van der Waals surface area contributed by atoms with E-state index in [2.05, 4.69) is 5.32 Å². The molecule has 0 saturated carbocycles. The molecule has 3 N–H and O–H groups in total. The molecule has 2 amide bonds. The lowest BCUT2D eigenvalue weighted by Gasteiger charge is -2.24. The van der Waals surface area contributed by atoms with E-state index in [1.54, 1.807) is 25.1 Å². The third-order valence-electron chi connectivity index (χ3n) is 3.12. The molecule has 7 heteroatoms. The predicted molar refractivity (Wildman–Crippen MR) is 90.2 cm³/mol. The largest absolute Gasteiger partial charge is 0.333 e. The van der Waals surface area contributed by atoms with Crippen LogP contribution in [0.15, 0.2) is 18.2 Å². The van der Waals surface area contributed by atoms with Crippen molar-refractivity contribution in [3.63, 3.8) is 0 Å². The first-order chi connectivity index (χ1) is 10.4. The second-order valence-corrected chi connectivity index (χ2v) is 5.91. The molecule has 122 valence electrons. The van der Waals surface area contributed by atoms with Crippen molar-refractivity contribution in [2.24, 2.45) is 11.7 Å². The summed E-state index contributed by atoms with van der Waals surface area (Å²) >= 11 is 11.8. The molecular weight excluding hydrogens is 325 g/mol. The van der Waals surface area contributed by atoms with E-state index >= 15 is 0 Å². The van der Waals surface area contributed by atoms with Crippen molar-refractivity contribution >= 4 is 40.7 Å². The van der Waals surface area contributed by atoms with Crippen molar-refractivity contribution < 1.29 is 9.59 Å². The van der Waals surface area contributed by atoms with Crippen LogP contribution in [0.4, 0.5) is 5.69 Å². The van der Waals surface area contributed by atoms with Crippen molar-refractivity contribution in [3.05, 3.63) is 28.2 Å². The fourth-order valence-electron chi connectivity index (χ4n) is 1.90. The second kappa shape index (κ2) is 8.98. The van der Waals surface area contributed by atoms with E-state index in [0.29, 0.717) is 22.3 Å². The number of nitrogens with zero attached hydrogens (tertiary/aromatic N) is 1. The Bertz CT molecular complexity index is 538. The van der Waals surface area contributed by atoms with E-state index < -0.39 is 0 Å². The van der Waals surface area contributed by atoms with Gasteiger partial charge in [-0.05, 0) is 24.6 Å². The Balaban J connectivity index is 2.72. The van der Waals surface area contributed by atoms with Crippen LogP contribution in [0, 0.1) is 5.92 Å². The highest BCUT2D eigenvalue weighted by Crippen LogP contribution is 2.25. The Hall–Kier alpha value is -1.30. The quantitative estimate of drug-likeness (QED) is 0.797. The molecular formula is C15H21Cl2N3O2. The average Bonchev–Trinajstić information content (AvgIpc) is 2.48. The van der Waals surface area contributed by atoms with E-state index in [4.69, 9.17) is 28.9 Å². The molecule has 1 aromatic carbocycles. The van der Waals surface area contributed by atoms with Gasteiger partial charge in [-0.2, -0.15) is 0 Å². The summed E-state index contributed by atoms with van der Waals surface area (Å²) in [4.78, 5) is 25.8. The molecule has 0 aromatic heterocycles. The number of anilines is 1. The molecule has 0 radical (unpaired) electrons. The zero-order valence-corrected chi connectivity index (χ0v) is 14.2. The zero-order valence-electron chi connectivity index (χ0n) is 12.7. The first kappa shape index (κ1) is 18.7. The molecule has 0 fully saturated rings. The van der Waals surface area contributed by atoms with Crippen LogP contribution in [-0.4, -0.2) is 36.3 Å². The van der Waals surface area contributed by atoms with Gasteiger partial charge in [0, 0.05) is 24.0 Å². The molecule has 1 aromatic rings. The molecule has 0 aliphatic rings. The number of nitrogens with two attached hydrogens (primary N) is 1. The zero-order chi connectivity index (χ0) is 16.7. The number of amides is 2. The maximum absolute atomic E-state index is 12.2. The van der Waals surface area contributed by atoms with Crippen LogP contribution in [0.1, 0.15) is 20.3 Å². The van der Waals surface area contributed by atoms with Gasteiger partial charge in [0.2, 0.25) is 11.8 Å². The van der Waals surface area contributed by atoms with Crippen LogP contribution in [0.5, 0.6) is 0 Å². The number of benzene rings is 1. The van der Waals surface area contributed by atoms with Gasteiger partial charge in [-0.15, -0.1) is 0 Å². The molecule has 1 rings (SSSR count). The second-order valence-electron chi connectivity index (χ2n) is 5.07. The van der Waals surface area contributed by atoms with E-state index in [-0.39, 0.29) is 30.8 Å². The third-order valence-corrected chi connectivity index (χ3v) is 3.67. The van der Waals surface area contributed by atoms with E-state index in [1.807, 2.05) is 6.92 Å². The molecule has 0 spiro atoms. The van der Waals surface area contributed by atoms with Gasteiger partial charge in [0.25, 0.3) is 0 Å². The maximum Gasteiger partial charge on any atom is 0.244 e. The van der Waals surface area contributed by atoms with Gasteiger partial charge in [0.05, 0.1) is 17.3 Å². The van der Waals surface area contributed by atoms with Gasteiger partial charge in [-0.25, -0.2) is 0 Å². The monoisotopic (exact) mass is 345 g/mol. The first-order valence-corrected chi connectivity index (χ1v) is 7.88. The molecule has 5 nitrogen and oxygen atoms in total. The lowest BCUT2D eigenvalue weighted by Crippen LogP contribution is -2.42. The fourth-order valence-corrected chi connectivity index (χ4v) is 2.36. The summed E-state index contributed by atoms with van der Waals surface area (Å²) in [7, 11) is 0. The molecule has 0 aliphatic carbocycles. The van der Waals surface area contributed by atoms with E-state index in [0.717, 1.165) is 6.42 Å². The number of hydrogen-bond acceptors (Lipinski definition) is 3. The van der Waals surface area contributed by atoms with Crippen LogP contribution in [0.3, 0.4) is 0 Å². The lowest BCUT2D eigenvalue weighted by atomic mass is 10.1. The van der Waals surface area contributed by atoms with Gasteiger partial charge in [0.1, 0.15) is 0 Å². The van der Waals surface area contributed by atoms with Crippen molar-refractivity contribution in [2.45, 2.75) is 20.3 Å². The Morgan fingerprint density at radius 2 is 2.05 bits per heavy atom. The minimum absolute atomic E-state index is 0.0318. The smallest absolute Gasteiger partial charge is 0.244 e. The number of carbonyl (C=O) groups excluding carboxylic acids is 2. The minimum Gasteiger partial charge on any atom is -0.333 e. The van der Waals surface area contributed by atoms with E-state index in [1.165, 1.54) is 4.90 Å². The summed E-state index contributed by atoms with van der Waals surface area (Å²) in [5.41, 5.74) is 5.98. The molecule has 22 heavy (non-hydrogen) atoms. The SMILES string of the molecule is CCCN(CC(=O)Nc1ccc(Cl)cc1Cl)C(=O)C(C)CN. The number of carbonyl (C=O) groups is 2. The Morgan fingerprint density at radius 1 is 1.36 bits per heavy atom. The topological polar surface area (TPSA) is 75.4 Å². The molecule has 0 bridgehead atoms. The van der Waals surface area contributed by atoms with Crippen LogP contribution >= 0.6 is 23.2 Å². The minimum atomic E-state index is -0.310. The van der Waals surface area contributed by atoms with Crippen molar-refractivity contribution in [1.29, 1.82) is 0 Å². The number of halogens is 2. The molecule has 0 aliphatic heterocycles. The highest BCUT2D eigenvalue weighted by molar-refractivity contribution is 6.36. The summed E-state index contributed by atoms with van der Waals surface area (Å²) in [5.74, 6) is -0.740. The third kappa shape index (κ3) is 5.48. The van der Waals surface area contributed by atoms with Crippen molar-refractivity contribution in [2.75, 3.05) is 25.0 Å². The van der Waals surface area contributed by atoms with Gasteiger partial charge in [-0.3, -0.25) is 9.59 Å². The van der Waals surface area contributed by atoms with Gasteiger partial charge >= 0.3 is 0 Å². The standard InChI is InChI=1S/C15H21Cl2N3O2/c1-3-6-20(15(22)10(2)8-18)9-14(21)19-13-5-4-11(16)7-12(13)17/h4-5,7,10H,3,6,8-9,18H2,1-2H3,(H,19,21). The number of hydrogen-bond donors (Lipinski definition) is 2. The maximum atomic E-state index is 12.2.